The zero-order chi connectivity index (χ0) is 12.3. The maximum Gasteiger partial charge on any atom is 0.225 e. The van der Waals surface area contributed by atoms with Crippen molar-refractivity contribution in [1.29, 1.82) is 0 Å². The molecule has 0 unspecified atom stereocenters. The van der Waals surface area contributed by atoms with E-state index in [4.69, 9.17) is 0 Å². The van der Waals surface area contributed by atoms with Crippen LogP contribution < -0.4 is 4.90 Å². The lowest BCUT2D eigenvalue weighted by atomic mass is 10.2. The van der Waals surface area contributed by atoms with Crippen molar-refractivity contribution in [3.8, 4) is 0 Å². The summed E-state index contributed by atoms with van der Waals surface area (Å²) >= 11 is 1.34. The molecular formula is C14H15NOS. The summed E-state index contributed by atoms with van der Waals surface area (Å²) in [6.07, 6.45) is 4.79. The van der Waals surface area contributed by atoms with E-state index in [-0.39, 0.29) is 5.12 Å². The molecule has 0 amide bonds. The van der Waals surface area contributed by atoms with Crippen LogP contribution in [0.1, 0.15) is 13.3 Å². The van der Waals surface area contributed by atoms with Crippen LogP contribution in [0.3, 0.4) is 0 Å². The van der Waals surface area contributed by atoms with Gasteiger partial charge in [-0.1, -0.05) is 36.9 Å². The Morgan fingerprint density at radius 1 is 1.29 bits per heavy atom. The molecule has 0 radical (unpaired) electrons. The molecule has 0 saturated heterocycles. The van der Waals surface area contributed by atoms with Crippen LogP contribution in [0.15, 0.2) is 53.1 Å². The van der Waals surface area contributed by atoms with Gasteiger partial charge in [0.25, 0.3) is 0 Å². The third kappa shape index (κ3) is 2.80. The minimum absolute atomic E-state index is 0.143. The monoisotopic (exact) mass is 245 g/mol. The van der Waals surface area contributed by atoms with Gasteiger partial charge in [-0.05, 0) is 29.5 Å². The first-order valence-electron chi connectivity index (χ1n) is 5.63. The molecule has 3 heteroatoms. The van der Waals surface area contributed by atoms with Crippen LogP contribution >= 0.6 is 11.8 Å². The summed E-state index contributed by atoms with van der Waals surface area (Å²) in [5.74, 6) is 0. The quantitative estimate of drug-likeness (QED) is 0.759. The lowest BCUT2D eigenvalue weighted by Gasteiger charge is -2.14. The molecule has 1 heterocycles. The lowest BCUT2D eigenvalue weighted by molar-refractivity contribution is -0.107. The summed E-state index contributed by atoms with van der Waals surface area (Å²) in [5, 5.41) is 0.143. The van der Waals surface area contributed by atoms with E-state index in [0.29, 0.717) is 0 Å². The van der Waals surface area contributed by atoms with Gasteiger partial charge >= 0.3 is 0 Å². The molecule has 2 rings (SSSR count). The molecule has 0 atom stereocenters. The third-order valence-electron chi connectivity index (χ3n) is 2.62. The highest BCUT2D eigenvalue weighted by molar-refractivity contribution is 8.17. The first-order valence-corrected chi connectivity index (χ1v) is 6.45. The van der Waals surface area contributed by atoms with Crippen LogP contribution in [-0.2, 0) is 4.79 Å². The molecule has 17 heavy (non-hydrogen) atoms. The average molecular weight is 245 g/mol. The molecule has 2 nitrogen and oxygen atoms in total. The van der Waals surface area contributed by atoms with Crippen LogP contribution in [0.25, 0.3) is 0 Å². The van der Waals surface area contributed by atoms with Gasteiger partial charge in [-0.2, -0.15) is 0 Å². The summed E-state index contributed by atoms with van der Waals surface area (Å²) in [4.78, 5) is 14.8. The number of carbonyl (C=O) groups is 1. The molecule has 1 aromatic carbocycles. The van der Waals surface area contributed by atoms with Gasteiger partial charge in [-0.15, -0.1) is 0 Å². The van der Waals surface area contributed by atoms with E-state index in [9.17, 15) is 4.79 Å². The highest BCUT2D eigenvalue weighted by Crippen LogP contribution is 2.32. The Morgan fingerprint density at radius 2 is 2.00 bits per heavy atom. The third-order valence-corrected chi connectivity index (χ3v) is 3.71. The standard InChI is InChI=1S/C14H15NOS/c1-3-13-9-11(14(16)17-13)10-15(2)12-7-5-4-6-8-12/h4-10H,3H2,1-2H3/b11-10+. The number of hydrogen-bond donors (Lipinski definition) is 0. The van der Waals surface area contributed by atoms with E-state index in [0.717, 1.165) is 22.6 Å². The van der Waals surface area contributed by atoms with Crippen molar-refractivity contribution in [3.63, 3.8) is 0 Å². The molecule has 1 aliphatic rings. The van der Waals surface area contributed by atoms with Gasteiger partial charge in [-0.3, -0.25) is 4.79 Å². The molecule has 0 aliphatic carbocycles. The SMILES string of the molecule is CCC1=C/C(=C\N(C)c2ccccc2)C(=O)S1. The molecule has 0 fully saturated rings. The van der Waals surface area contributed by atoms with Crippen molar-refractivity contribution >= 4 is 22.6 Å². The number of nitrogens with zero attached hydrogens (tertiary/aromatic N) is 1. The van der Waals surface area contributed by atoms with E-state index < -0.39 is 0 Å². The fraction of sp³-hybridized carbons (Fsp3) is 0.214. The smallest absolute Gasteiger partial charge is 0.225 e. The molecule has 0 bridgehead atoms. The Balaban J connectivity index is 2.20. The fourth-order valence-corrected chi connectivity index (χ4v) is 2.45. The number of allylic oxidation sites excluding steroid dienone is 2. The van der Waals surface area contributed by atoms with Crippen LogP contribution in [-0.4, -0.2) is 12.2 Å². The molecule has 0 spiro atoms. The maximum atomic E-state index is 11.7. The van der Waals surface area contributed by atoms with Crippen LogP contribution in [0, 0.1) is 0 Å². The number of thioether (sulfide) groups is 1. The van der Waals surface area contributed by atoms with Gasteiger partial charge in [0.05, 0.1) is 0 Å². The van der Waals surface area contributed by atoms with E-state index in [1.807, 2.05) is 54.6 Å². The highest BCUT2D eigenvalue weighted by atomic mass is 32.2. The number of para-hydroxylation sites is 1. The number of anilines is 1. The number of rotatable bonds is 3. The summed E-state index contributed by atoms with van der Waals surface area (Å²) < 4.78 is 0. The molecule has 0 saturated carbocycles. The van der Waals surface area contributed by atoms with E-state index in [1.54, 1.807) is 0 Å². The predicted molar refractivity (Wildman–Crippen MR) is 73.9 cm³/mol. The second-order valence-corrected chi connectivity index (χ2v) is 4.98. The van der Waals surface area contributed by atoms with Crippen LogP contribution in [0.4, 0.5) is 5.69 Å². The molecule has 0 aromatic heterocycles. The van der Waals surface area contributed by atoms with Crippen molar-refractivity contribution in [2.24, 2.45) is 0 Å². The van der Waals surface area contributed by atoms with Gasteiger partial charge in [0.15, 0.2) is 0 Å². The average Bonchev–Trinajstić information content (AvgIpc) is 2.71. The molecule has 1 aliphatic heterocycles. The molecule has 1 aromatic rings. The predicted octanol–water partition coefficient (Wildman–Crippen LogP) is 3.57. The minimum atomic E-state index is 0.143. The Bertz CT molecular complexity index is 476. The summed E-state index contributed by atoms with van der Waals surface area (Å²) in [5.41, 5.74) is 1.86. The first kappa shape index (κ1) is 12.0. The topological polar surface area (TPSA) is 20.3 Å². The van der Waals surface area contributed by atoms with Crippen molar-refractivity contribution in [2.75, 3.05) is 11.9 Å². The fourth-order valence-electron chi connectivity index (χ4n) is 1.65. The van der Waals surface area contributed by atoms with Gasteiger partial charge in [0, 0.05) is 24.5 Å². The first-order chi connectivity index (χ1) is 8.20. The van der Waals surface area contributed by atoms with Gasteiger partial charge in [0.1, 0.15) is 0 Å². The normalized spacial score (nSPS) is 17.4. The Kier molecular flexibility index (Phi) is 3.69. The van der Waals surface area contributed by atoms with E-state index in [2.05, 4.69) is 6.92 Å². The number of hydrogen-bond acceptors (Lipinski definition) is 3. The van der Waals surface area contributed by atoms with E-state index >= 15 is 0 Å². The molecule has 88 valence electrons. The van der Waals surface area contributed by atoms with Gasteiger partial charge in [0.2, 0.25) is 5.12 Å². The minimum Gasteiger partial charge on any atom is -0.350 e. The van der Waals surface area contributed by atoms with Crippen LogP contribution in [0.2, 0.25) is 0 Å². The summed E-state index contributed by atoms with van der Waals surface area (Å²) in [6.45, 7) is 2.07. The zero-order valence-electron chi connectivity index (χ0n) is 10.0. The summed E-state index contributed by atoms with van der Waals surface area (Å²) in [7, 11) is 1.96. The van der Waals surface area contributed by atoms with Crippen molar-refractivity contribution in [3.05, 3.63) is 53.1 Å². The van der Waals surface area contributed by atoms with Gasteiger partial charge < -0.3 is 4.90 Å². The summed E-state index contributed by atoms with van der Waals surface area (Å²) in [6, 6.07) is 10.0. The highest BCUT2D eigenvalue weighted by Gasteiger charge is 2.19. The number of carbonyl (C=O) groups excluding carboxylic acids is 1. The van der Waals surface area contributed by atoms with Crippen molar-refractivity contribution in [2.45, 2.75) is 13.3 Å². The number of benzene rings is 1. The largest absolute Gasteiger partial charge is 0.350 e. The van der Waals surface area contributed by atoms with Crippen molar-refractivity contribution in [1.82, 2.24) is 0 Å². The Labute approximate surface area is 106 Å². The van der Waals surface area contributed by atoms with Crippen LogP contribution in [0.5, 0.6) is 0 Å². The molecular weight excluding hydrogens is 230 g/mol. The Hall–Kier alpha value is -1.48. The second kappa shape index (κ2) is 5.23. The van der Waals surface area contributed by atoms with Gasteiger partial charge in [-0.25, -0.2) is 0 Å². The van der Waals surface area contributed by atoms with E-state index in [1.165, 1.54) is 11.8 Å². The Morgan fingerprint density at radius 3 is 2.59 bits per heavy atom. The maximum absolute atomic E-state index is 11.7. The van der Waals surface area contributed by atoms with Crippen molar-refractivity contribution < 1.29 is 4.79 Å². The lowest BCUT2D eigenvalue weighted by Crippen LogP contribution is -2.09. The molecule has 0 N–H and O–H groups in total. The zero-order valence-corrected chi connectivity index (χ0v) is 10.8. The second-order valence-electron chi connectivity index (χ2n) is 3.88.